The zero-order chi connectivity index (χ0) is 11.7. The summed E-state index contributed by atoms with van der Waals surface area (Å²) in [5.74, 6) is -0.451. The smallest absolute Gasteiger partial charge is 0.321 e. The number of carboxylic acids is 1. The molecule has 2 atom stereocenters. The third-order valence-electron chi connectivity index (χ3n) is 2.81. The zero-order valence-corrected chi connectivity index (χ0v) is 10.5. The molecule has 1 aromatic rings. The Hall–Kier alpha value is -0.580. The third-order valence-corrected chi connectivity index (χ3v) is 4.22. The summed E-state index contributed by atoms with van der Waals surface area (Å²) in [5, 5.41) is 12.3. The molecule has 1 heterocycles. The van der Waals surface area contributed by atoms with Crippen molar-refractivity contribution in [1.82, 2.24) is 5.32 Å². The maximum absolute atomic E-state index is 11.1. The lowest BCUT2D eigenvalue weighted by Crippen LogP contribution is -2.39. The first-order valence-corrected chi connectivity index (χ1v) is 6.51. The highest BCUT2D eigenvalue weighted by Gasteiger charge is 2.37. The molecule has 1 aliphatic rings. The summed E-state index contributed by atoms with van der Waals surface area (Å²) in [5.41, 5.74) is 0. The standard InChI is InChI=1S/C11H14ClNO2S/c1-6(8-4-5-9(12)16-8)13-10(11(14)15)7-2-3-7/h4-7,10,13H,2-3H2,1H3,(H,14,15). The number of hydrogen-bond acceptors (Lipinski definition) is 3. The summed E-state index contributed by atoms with van der Waals surface area (Å²) >= 11 is 7.34. The molecule has 0 spiro atoms. The van der Waals surface area contributed by atoms with Crippen molar-refractivity contribution >= 4 is 28.9 Å². The highest BCUT2D eigenvalue weighted by atomic mass is 35.5. The molecule has 88 valence electrons. The average Bonchev–Trinajstić information content (AvgIpc) is 2.96. The van der Waals surface area contributed by atoms with Crippen LogP contribution in [-0.4, -0.2) is 17.1 Å². The van der Waals surface area contributed by atoms with Crippen LogP contribution in [0.15, 0.2) is 12.1 Å². The van der Waals surface area contributed by atoms with Crippen molar-refractivity contribution in [2.24, 2.45) is 5.92 Å². The van der Waals surface area contributed by atoms with Crippen LogP contribution in [0, 0.1) is 5.92 Å². The Morgan fingerprint density at radius 1 is 1.62 bits per heavy atom. The molecule has 0 radical (unpaired) electrons. The number of carboxylic acid groups (broad SMARTS) is 1. The fourth-order valence-electron chi connectivity index (χ4n) is 1.75. The summed E-state index contributed by atoms with van der Waals surface area (Å²) in [6, 6.07) is 3.40. The van der Waals surface area contributed by atoms with Gasteiger partial charge in [0.25, 0.3) is 0 Å². The number of rotatable bonds is 5. The van der Waals surface area contributed by atoms with Gasteiger partial charge in [0.1, 0.15) is 6.04 Å². The number of carbonyl (C=O) groups is 1. The molecular formula is C11H14ClNO2S. The average molecular weight is 260 g/mol. The third kappa shape index (κ3) is 2.75. The molecule has 1 aromatic heterocycles. The van der Waals surface area contributed by atoms with E-state index in [1.807, 2.05) is 19.1 Å². The normalized spacial score (nSPS) is 19.4. The number of hydrogen-bond donors (Lipinski definition) is 2. The van der Waals surface area contributed by atoms with Crippen LogP contribution in [0.1, 0.15) is 30.7 Å². The minimum atomic E-state index is -0.753. The van der Waals surface area contributed by atoms with Crippen molar-refractivity contribution < 1.29 is 9.90 Å². The molecule has 1 fully saturated rings. The van der Waals surface area contributed by atoms with E-state index in [0.717, 1.165) is 22.1 Å². The Kier molecular flexibility index (Phi) is 3.52. The van der Waals surface area contributed by atoms with Crippen LogP contribution in [0.3, 0.4) is 0 Å². The second-order valence-electron chi connectivity index (χ2n) is 4.18. The molecular weight excluding hydrogens is 246 g/mol. The molecule has 1 aliphatic carbocycles. The largest absolute Gasteiger partial charge is 0.480 e. The summed E-state index contributed by atoms with van der Waals surface area (Å²) in [4.78, 5) is 12.1. The Labute approximate surface area is 103 Å². The van der Waals surface area contributed by atoms with Gasteiger partial charge in [0.05, 0.1) is 4.34 Å². The van der Waals surface area contributed by atoms with Gasteiger partial charge in [-0.3, -0.25) is 10.1 Å². The molecule has 0 aliphatic heterocycles. The van der Waals surface area contributed by atoms with E-state index in [4.69, 9.17) is 16.7 Å². The molecule has 0 bridgehead atoms. The van der Waals surface area contributed by atoms with Gasteiger partial charge in [-0.15, -0.1) is 11.3 Å². The monoisotopic (exact) mass is 259 g/mol. The van der Waals surface area contributed by atoms with Crippen LogP contribution in [0.25, 0.3) is 0 Å². The second kappa shape index (κ2) is 4.73. The molecule has 2 unspecified atom stereocenters. The minimum absolute atomic E-state index is 0.0409. The van der Waals surface area contributed by atoms with Crippen LogP contribution in [0.5, 0.6) is 0 Å². The maximum Gasteiger partial charge on any atom is 0.321 e. The highest BCUT2D eigenvalue weighted by molar-refractivity contribution is 7.16. The molecule has 0 saturated heterocycles. The molecule has 5 heteroatoms. The van der Waals surface area contributed by atoms with Gasteiger partial charge < -0.3 is 5.11 Å². The van der Waals surface area contributed by atoms with Crippen molar-refractivity contribution in [3.63, 3.8) is 0 Å². The first kappa shape index (κ1) is 11.9. The lowest BCUT2D eigenvalue weighted by atomic mass is 10.1. The number of nitrogens with one attached hydrogen (secondary N) is 1. The predicted molar refractivity (Wildman–Crippen MR) is 65.0 cm³/mol. The van der Waals surface area contributed by atoms with Gasteiger partial charge in [-0.2, -0.15) is 0 Å². The number of halogens is 1. The van der Waals surface area contributed by atoms with Crippen molar-refractivity contribution in [3.8, 4) is 0 Å². The fraction of sp³-hybridized carbons (Fsp3) is 0.545. The van der Waals surface area contributed by atoms with Gasteiger partial charge in [-0.25, -0.2) is 0 Å². The Balaban J connectivity index is 1.99. The van der Waals surface area contributed by atoms with Crippen molar-refractivity contribution in [1.29, 1.82) is 0 Å². The van der Waals surface area contributed by atoms with Gasteiger partial charge in [0, 0.05) is 10.9 Å². The van der Waals surface area contributed by atoms with Crippen molar-refractivity contribution in [3.05, 3.63) is 21.3 Å². The summed E-state index contributed by atoms with van der Waals surface area (Å²) in [6.07, 6.45) is 2.03. The molecule has 2 N–H and O–H groups in total. The van der Waals surface area contributed by atoms with E-state index in [1.165, 1.54) is 11.3 Å². The predicted octanol–water partition coefficient (Wildman–Crippen LogP) is 2.92. The Morgan fingerprint density at radius 3 is 2.75 bits per heavy atom. The van der Waals surface area contributed by atoms with E-state index in [0.29, 0.717) is 5.92 Å². The molecule has 2 rings (SSSR count). The number of aliphatic carboxylic acids is 1. The maximum atomic E-state index is 11.1. The van der Waals surface area contributed by atoms with Gasteiger partial charge in [-0.1, -0.05) is 11.6 Å². The van der Waals surface area contributed by atoms with Crippen LogP contribution in [0.4, 0.5) is 0 Å². The topological polar surface area (TPSA) is 49.3 Å². The van der Waals surface area contributed by atoms with Gasteiger partial charge >= 0.3 is 5.97 Å². The van der Waals surface area contributed by atoms with Crippen LogP contribution in [0.2, 0.25) is 4.34 Å². The first-order valence-electron chi connectivity index (χ1n) is 5.32. The van der Waals surface area contributed by atoms with Crippen LogP contribution < -0.4 is 5.32 Å². The molecule has 3 nitrogen and oxygen atoms in total. The van der Waals surface area contributed by atoms with Crippen molar-refractivity contribution in [2.75, 3.05) is 0 Å². The van der Waals surface area contributed by atoms with E-state index < -0.39 is 12.0 Å². The lowest BCUT2D eigenvalue weighted by Gasteiger charge is -2.18. The van der Waals surface area contributed by atoms with E-state index in [2.05, 4.69) is 5.32 Å². The zero-order valence-electron chi connectivity index (χ0n) is 8.94. The Bertz CT molecular complexity index is 389. The lowest BCUT2D eigenvalue weighted by molar-refractivity contribution is -0.140. The van der Waals surface area contributed by atoms with E-state index >= 15 is 0 Å². The van der Waals surface area contributed by atoms with Gasteiger partial charge in [0.15, 0.2) is 0 Å². The summed E-state index contributed by atoms with van der Waals surface area (Å²) in [7, 11) is 0. The Morgan fingerprint density at radius 2 is 2.31 bits per heavy atom. The molecule has 0 amide bonds. The second-order valence-corrected chi connectivity index (χ2v) is 5.93. The molecule has 0 aromatic carbocycles. The van der Waals surface area contributed by atoms with Crippen LogP contribution >= 0.6 is 22.9 Å². The summed E-state index contributed by atoms with van der Waals surface area (Å²) in [6.45, 7) is 1.97. The first-order chi connectivity index (χ1) is 7.58. The van der Waals surface area contributed by atoms with Gasteiger partial charge in [-0.05, 0) is 37.8 Å². The quantitative estimate of drug-likeness (QED) is 0.855. The SMILES string of the molecule is CC(NC(C(=O)O)C1CC1)c1ccc(Cl)s1. The summed E-state index contributed by atoms with van der Waals surface area (Å²) < 4.78 is 0.738. The minimum Gasteiger partial charge on any atom is -0.480 e. The van der Waals surface area contributed by atoms with E-state index in [9.17, 15) is 4.79 Å². The molecule has 16 heavy (non-hydrogen) atoms. The molecule has 1 saturated carbocycles. The van der Waals surface area contributed by atoms with Crippen molar-refractivity contribution in [2.45, 2.75) is 31.8 Å². The van der Waals surface area contributed by atoms with Gasteiger partial charge in [0.2, 0.25) is 0 Å². The highest BCUT2D eigenvalue weighted by Crippen LogP contribution is 2.35. The van der Waals surface area contributed by atoms with Crippen LogP contribution in [-0.2, 0) is 4.79 Å². The fourth-order valence-corrected chi connectivity index (χ4v) is 2.82. The van der Waals surface area contributed by atoms with E-state index in [1.54, 1.807) is 0 Å². The number of thiophene rings is 1. The van der Waals surface area contributed by atoms with E-state index in [-0.39, 0.29) is 6.04 Å².